The molecule has 4 heteroatoms. The molecule has 3 rings (SSSR count). The predicted molar refractivity (Wildman–Crippen MR) is 83.8 cm³/mol. The predicted octanol–water partition coefficient (Wildman–Crippen LogP) is 2.85. The number of rotatable bonds is 3. The minimum atomic E-state index is 0.161. The van der Waals surface area contributed by atoms with Crippen molar-refractivity contribution in [3.63, 3.8) is 0 Å². The van der Waals surface area contributed by atoms with Gasteiger partial charge in [-0.05, 0) is 36.8 Å². The Morgan fingerprint density at radius 3 is 2.80 bits per heavy atom. The Kier molecular flexibility index (Phi) is 4.53. The maximum Gasteiger partial charge on any atom is 0.246 e. The number of thiophene rings is 1. The van der Waals surface area contributed by atoms with Crippen LogP contribution < -0.4 is 0 Å². The molecule has 1 saturated carbocycles. The molecule has 0 bridgehead atoms. The van der Waals surface area contributed by atoms with Crippen molar-refractivity contribution in [3.05, 3.63) is 28.5 Å². The number of hydrogen-bond acceptors (Lipinski definition) is 3. The fourth-order valence-electron chi connectivity index (χ4n) is 2.92. The first-order valence-corrected chi connectivity index (χ1v) is 8.45. The molecule has 2 heterocycles. The molecule has 3 nitrogen and oxygen atoms in total. The largest absolute Gasteiger partial charge is 0.338 e. The summed E-state index contributed by atoms with van der Waals surface area (Å²) in [6, 6.07) is 4.85. The zero-order valence-corrected chi connectivity index (χ0v) is 12.6. The molecule has 1 aliphatic carbocycles. The maximum atomic E-state index is 12.2. The van der Waals surface area contributed by atoms with E-state index in [9.17, 15) is 4.79 Å². The first kappa shape index (κ1) is 13.8. The molecule has 20 heavy (non-hydrogen) atoms. The average molecular weight is 290 g/mol. The summed E-state index contributed by atoms with van der Waals surface area (Å²) in [6.45, 7) is 3.98. The highest BCUT2D eigenvalue weighted by Crippen LogP contribution is 2.25. The van der Waals surface area contributed by atoms with Crippen LogP contribution in [0.25, 0.3) is 6.08 Å². The third-order valence-electron chi connectivity index (χ3n) is 4.37. The zero-order chi connectivity index (χ0) is 13.8. The molecule has 0 unspecified atom stereocenters. The van der Waals surface area contributed by atoms with Crippen LogP contribution in [0.2, 0.25) is 0 Å². The van der Waals surface area contributed by atoms with E-state index in [1.54, 1.807) is 17.4 Å². The van der Waals surface area contributed by atoms with E-state index in [2.05, 4.69) is 4.90 Å². The van der Waals surface area contributed by atoms with Gasteiger partial charge < -0.3 is 4.90 Å². The summed E-state index contributed by atoms with van der Waals surface area (Å²) in [5.74, 6) is 0.161. The van der Waals surface area contributed by atoms with Gasteiger partial charge in [0.25, 0.3) is 0 Å². The van der Waals surface area contributed by atoms with Crippen molar-refractivity contribution in [2.24, 2.45) is 0 Å². The van der Waals surface area contributed by atoms with Crippen molar-refractivity contribution in [3.8, 4) is 0 Å². The molecular formula is C16H22N2OS. The second-order valence-electron chi connectivity index (χ2n) is 5.65. The topological polar surface area (TPSA) is 23.6 Å². The SMILES string of the molecule is O=C(/C=C/c1cccs1)N1CCCN(C2CCC2)CC1. The molecule has 0 atom stereocenters. The van der Waals surface area contributed by atoms with E-state index < -0.39 is 0 Å². The lowest BCUT2D eigenvalue weighted by Crippen LogP contribution is -2.42. The summed E-state index contributed by atoms with van der Waals surface area (Å²) < 4.78 is 0. The zero-order valence-electron chi connectivity index (χ0n) is 11.8. The quantitative estimate of drug-likeness (QED) is 0.799. The summed E-state index contributed by atoms with van der Waals surface area (Å²) in [6.07, 6.45) is 8.85. The standard InChI is InChI=1S/C16H22N2OS/c19-16(8-7-15-6-2-13-20-15)18-10-3-9-17(11-12-18)14-4-1-5-14/h2,6-8,13-14H,1,3-5,9-12H2/b8-7+. The number of carbonyl (C=O) groups is 1. The van der Waals surface area contributed by atoms with Gasteiger partial charge in [-0.25, -0.2) is 0 Å². The van der Waals surface area contributed by atoms with Gasteiger partial charge in [0.1, 0.15) is 0 Å². The van der Waals surface area contributed by atoms with Crippen LogP contribution in [0.3, 0.4) is 0 Å². The van der Waals surface area contributed by atoms with Crippen LogP contribution in [0.5, 0.6) is 0 Å². The van der Waals surface area contributed by atoms with E-state index in [0.717, 1.165) is 43.5 Å². The van der Waals surface area contributed by atoms with Crippen LogP contribution >= 0.6 is 11.3 Å². The Bertz CT molecular complexity index is 465. The number of amides is 1. The molecule has 0 radical (unpaired) electrons. The monoisotopic (exact) mass is 290 g/mol. The molecule has 1 aromatic heterocycles. The second kappa shape index (κ2) is 6.55. The van der Waals surface area contributed by atoms with E-state index in [1.165, 1.54) is 19.3 Å². The lowest BCUT2D eigenvalue weighted by molar-refractivity contribution is -0.125. The highest BCUT2D eigenvalue weighted by molar-refractivity contribution is 7.10. The fourth-order valence-corrected chi connectivity index (χ4v) is 3.54. The fraction of sp³-hybridized carbons (Fsp3) is 0.562. The van der Waals surface area contributed by atoms with Crippen molar-refractivity contribution in [2.75, 3.05) is 26.2 Å². The van der Waals surface area contributed by atoms with Crippen molar-refractivity contribution >= 4 is 23.3 Å². The van der Waals surface area contributed by atoms with Crippen LogP contribution in [0.1, 0.15) is 30.6 Å². The van der Waals surface area contributed by atoms with E-state index in [0.29, 0.717) is 0 Å². The summed E-state index contributed by atoms with van der Waals surface area (Å²) in [4.78, 5) is 18.0. The van der Waals surface area contributed by atoms with Crippen molar-refractivity contribution in [1.29, 1.82) is 0 Å². The number of hydrogen-bond donors (Lipinski definition) is 0. The second-order valence-corrected chi connectivity index (χ2v) is 6.63. The third kappa shape index (κ3) is 3.30. The molecule has 2 aliphatic rings. The normalized spacial score (nSPS) is 21.9. The lowest BCUT2D eigenvalue weighted by atomic mass is 9.91. The van der Waals surface area contributed by atoms with Gasteiger partial charge >= 0.3 is 0 Å². The molecule has 0 aromatic carbocycles. The Morgan fingerprint density at radius 2 is 2.10 bits per heavy atom. The van der Waals surface area contributed by atoms with Crippen LogP contribution in [0.15, 0.2) is 23.6 Å². The number of nitrogens with zero attached hydrogens (tertiary/aromatic N) is 2. The molecule has 108 valence electrons. The minimum Gasteiger partial charge on any atom is -0.338 e. The summed E-state index contributed by atoms with van der Waals surface area (Å²) in [5, 5.41) is 2.03. The molecule has 1 amide bonds. The van der Waals surface area contributed by atoms with Gasteiger partial charge in [-0.1, -0.05) is 12.5 Å². The van der Waals surface area contributed by atoms with Crippen LogP contribution in [0, 0.1) is 0 Å². The van der Waals surface area contributed by atoms with E-state index in [1.807, 2.05) is 28.5 Å². The van der Waals surface area contributed by atoms with E-state index in [-0.39, 0.29) is 5.91 Å². The first-order chi connectivity index (χ1) is 9.83. The smallest absolute Gasteiger partial charge is 0.246 e. The van der Waals surface area contributed by atoms with Gasteiger partial charge in [0.2, 0.25) is 5.91 Å². The molecular weight excluding hydrogens is 268 g/mol. The number of carbonyl (C=O) groups excluding carboxylic acids is 1. The van der Waals surface area contributed by atoms with Gasteiger partial charge in [-0.15, -0.1) is 11.3 Å². The molecule has 1 aromatic rings. The Morgan fingerprint density at radius 1 is 1.20 bits per heavy atom. The van der Waals surface area contributed by atoms with Crippen LogP contribution in [0.4, 0.5) is 0 Å². The van der Waals surface area contributed by atoms with Crippen molar-refractivity contribution in [2.45, 2.75) is 31.7 Å². The van der Waals surface area contributed by atoms with Crippen LogP contribution in [-0.4, -0.2) is 47.9 Å². The van der Waals surface area contributed by atoms with Gasteiger partial charge in [-0.2, -0.15) is 0 Å². The Balaban J connectivity index is 1.53. The van der Waals surface area contributed by atoms with Gasteiger partial charge in [0, 0.05) is 43.2 Å². The Hall–Kier alpha value is -1.13. The maximum absolute atomic E-state index is 12.2. The summed E-state index contributed by atoms with van der Waals surface area (Å²) in [5.41, 5.74) is 0. The first-order valence-electron chi connectivity index (χ1n) is 7.57. The molecule has 2 fully saturated rings. The highest BCUT2D eigenvalue weighted by Gasteiger charge is 2.27. The van der Waals surface area contributed by atoms with E-state index in [4.69, 9.17) is 0 Å². The van der Waals surface area contributed by atoms with Crippen LogP contribution in [-0.2, 0) is 4.79 Å². The highest BCUT2D eigenvalue weighted by atomic mass is 32.1. The Labute approximate surface area is 124 Å². The van der Waals surface area contributed by atoms with Gasteiger partial charge in [0.05, 0.1) is 0 Å². The molecule has 0 N–H and O–H groups in total. The van der Waals surface area contributed by atoms with Crippen molar-refractivity contribution in [1.82, 2.24) is 9.80 Å². The lowest BCUT2D eigenvalue weighted by Gasteiger charge is -2.36. The van der Waals surface area contributed by atoms with Gasteiger partial charge in [0.15, 0.2) is 0 Å². The van der Waals surface area contributed by atoms with Crippen molar-refractivity contribution < 1.29 is 4.79 Å². The third-order valence-corrected chi connectivity index (χ3v) is 5.20. The van der Waals surface area contributed by atoms with E-state index >= 15 is 0 Å². The summed E-state index contributed by atoms with van der Waals surface area (Å²) in [7, 11) is 0. The minimum absolute atomic E-state index is 0.161. The molecule has 0 spiro atoms. The molecule has 1 aliphatic heterocycles. The average Bonchev–Trinajstić information content (AvgIpc) is 2.80. The van der Waals surface area contributed by atoms with Gasteiger partial charge in [-0.3, -0.25) is 9.69 Å². The molecule has 1 saturated heterocycles. The summed E-state index contributed by atoms with van der Waals surface area (Å²) >= 11 is 1.66.